The molecule has 2 heterocycles. The fourth-order valence-electron chi connectivity index (χ4n) is 8.95. The smallest absolute Gasteiger partial charge is 0.225 e. The molecule has 0 radical (unpaired) electrons. The number of phenols is 1. The summed E-state index contributed by atoms with van der Waals surface area (Å²) in [5.41, 5.74) is 11.3. The van der Waals surface area contributed by atoms with Gasteiger partial charge in [-0.2, -0.15) is 0 Å². The second-order valence-corrected chi connectivity index (χ2v) is 11.4. The number of hydrogen-bond donors (Lipinski definition) is 2. The predicted molar refractivity (Wildman–Crippen MR) is 135 cm³/mol. The normalized spacial score (nSPS) is 33.9. The van der Waals surface area contributed by atoms with Gasteiger partial charge in [-0.25, -0.2) is 9.97 Å². The van der Waals surface area contributed by atoms with Crippen LogP contribution in [0.25, 0.3) is 0 Å². The lowest BCUT2D eigenvalue weighted by molar-refractivity contribution is -0.0916. The van der Waals surface area contributed by atoms with Gasteiger partial charge in [0.1, 0.15) is 5.75 Å². The van der Waals surface area contributed by atoms with Crippen LogP contribution in [0, 0.1) is 25.2 Å². The Bertz CT molecular complexity index is 1080. The Hall–Kier alpha value is -2.18. The van der Waals surface area contributed by atoms with E-state index in [9.17, 15) is 5.11 Å². The molecule has 5 atom stereocenters. The molecule has 1 aliphatic heterocycles. The van der Waals surface area contributed by atoms with Gasteiger partial charge >= 0.3 is 0 Å². The van der Waals surface area contributed by atoms with E-state index in [0.29, 0.717) is 29.2 Å². The van der Waals surface area contributed by atoms with Crippen molar-refractivity contribution in [2.45, 2.75) is 76.3 Å². The van der Waals surface area contributed by atoms with Gasteiger partial charge in [0.2, 0.25) is 5.95 Å². The maximum atomic E-state index is 10.6. The number of piperidine rings is 1. The SMILES string of the molecule is Cc1cc(C)nc(N(C)C2CCC34CCC2C32CCN(CCCN)C4Cc3ccc(O)cc32)n1. The van der Waals surface area contributed by atoms with E-state index in [2.05, 4.69) is 48.9 Å². The number of aromatic nitrogens is 2. The van der Waals surface area contributed by atoms with Crippen LogP contribution in [0.5, 0.6) is 5.75 Å². The summed E-state index contributed by atoms with van der Waals surface area (Å²) in [6, 6.07) is 9.28. The molecule has 0 amide bonds. The Balaban J connectivity index is 1.46. The molecule has 1 aromatic carbocycles. The van der Waals surface area contributed by atoms with Gasteiger partial charge in [-0.15, -0.1) is 0 Å². The summed E-state index contributed by atoms with van der Waals surface area (Å²) in [6.45, 7) is 7.13. The fraction of sp³-hybridized carbons (Fsp3) is 0.643. The minimum atomic E-state index is 0.124. The average Bonchev–Trinajstić information content (AvgIpc) is 3.04. The number of phenolic OH excluding ortho intramolecular Hbond substituents is 1. The monoisotopic (exact) mass is 461 g/mol. The van der Waals surface area contributed by atoms with Crippen LogP contribution in [0.1, 0.15) is 61.0 Å². The Labute approximate surface area is 203 Å². The van der Waals surface area contributed by atoms with Gasteiger partial charge in [0.25, 0.3) is 0 Å². The molecule has 34 heavy (non-hydrogen) atoms. The van der Waals surface area contributed by atoms with Crippen molar-refractivity contribution >= 4 is 5.95 Å². The molecule has 3 N–H and O–H groups in total. The van der Waals surface area contributed by atoms with Crippen molar-refractivity contribution in [3.05, 3.63) is 46.8 Å². The largest absolute Gasteiger partial charge is 0.508 e. The molecule has 6 heteroatoms. The lowest BCUT2D eigenvalue weighted by Gasteiger charge is -2.67. The maximum Gasteiger partial charge on any atom is 0.225 e. The van der Waals surface area contributed by atoms with Gasteiger partial charge in [-0.1, -0.05) is 6.07 Å². The van der Waals surface area contributed by atoms with Crippen molar-refractivity contribution in [3.63, 3.8) is 0 Å². The highest BCUT2D eigenvalue weighted by Gasteiger charge is 2.71. The lowest BCUT2D eigenvalue weighted by atomic mass is 9.43. The third kappa shape index (κ3) is 2.94. The fourth-order valence-corrected chi connectivity index (χ4v) is 8.95. The van der Waals surface area contributed by atoms with Crippen molar-refractivity contribution in [2.75, 3.05) is 31.6 Å². The van der Waals surface area contributed by atoms with Gasteiger partial charge in [0, 0.05) is 35.9 Å². The van der Waals surface area contributed by atoms with Crippen LogP contribution in [0.15, 0.2) is 24.3 Å². The first kappa shape index (κ1) is 22.3. The number of rotatable bonds is 5. The van der Waals surface area contributed by atoms with E-state index in [1.807, 2.05) is 6.07 Å². The van der Waals surface area contributed by atoms with Crippen LogP contribution >= 0.6 is 0 Å². The predicted octanol–water partition coefficient (Wildman–Crippen LogP) is 3.71. The number of likely N-dealkylation sites (tertiary alicyclic amines) is 1. The number of nitrogens with zero attached hydrogens (tertiary/aromatic N) is 4. The summed E-state index contributed by atoms with van der Waals surface area (Å²) >= 11 is 0. The van der Waals surface area contributed by atoms with Crippen molar-refractivity contribution in [1.29, 1.82) is 0 Å². The van der Waals surface area contributed by atoms with E-state index in [0.717, 1.165) is 49.8 Å². The highest BCUT2D eigenvalue weighted by atomic mass is 16.3. The summed E-state index contributed by atoms with van der Waals surface area (Å²) in [6.07, 6.45) is 8.31. The molecule has 6 nitrogen and oxygen atoms in total. The van der Waals surface area contributed by atoms with Gasteiger partial charge in [-0.05, 0) is 119 Å². The summed E-state index contributed by atoms with van der Waals surface area (Å²) in [5.74, 6) is 1.83. The third-order valence-electron chi connectivity index (χ3n) is 10.1. The Morgan fingerprint density at radius 1 is 1.12 bits per heavy atom. The van der Waals surface area contributed by atoms with E-state index >= 15 is 0 Å². The molecular formula is C28H39N5O. The quantitative estimate of drug-likeness (QED) is 0.707. The Morgan fingerprint density at radius 3 is 2.65 bits per heavy atom. The highest BCUT2D eigenvalue weighted by Crippen LogP contribution is 2.72. The summed E-state index contributed by atoms with van der Waals surface area (Å²) < 4.78 is 0. The van der Waals surface area contributed by atoms with Crippen molar-refractivity contribution in [2.24, 2.45) is 17.1 Å². The third-order valence-corrected chi connectivity index (χ3v) is 10.1. The molecule has 182 valence electrons. The summed E-state index contributed by atoms with van der Waals surface area (Å²) in [4.78, 5) is 14.8. The minimum absolute atomic E-state index is 0.124. The van der Waals surface area contributed by atoms with E-state index in [-0.39, 0.29) is 5.41 Å². The zero-order chi connectivity index (χ0) is 23.7. The van der Waals surface area contributed by atoms with Crippen LogP contribution in [0.4, 0.5) is 5.95 Å². The number of aromatic hydroxyl groups is 1. The zero-order valence-electron chi connectivity index (χ0n) is 20.9. The summed E-state index contributed by atoms with van der Waals surface area (Å²) in [7, 11) is 2.21. The van der Waals surface area contributed by atoms with Crippen LogP contribution < -0.4 is 10.6 Å². The van der Waals surface area contributed by atoms with Crippen molar-refractivity contribution in [1.82, 2.24) is 14.9 Å². The second kappa shape index (κ2) is 7.92. The van der Waals surface area contributed by atoms with E-state index in [4.69, 9.17) is 15.7 Å². The molecule has 6 rings (SSSR count). The first-order valence-electron chi connectivity index (χ1n) is 13.2. The van der Waals surface area contributed by atoms with Gasteiger partial charge in [0.15, 0.2) is 0 Å². The molecule has 5 unspecified atom stereocenters. The molecule has 3 aliphatic carbocycles. The number of hydrogen-bond acceptors (Lipinski definition) is 6. The minimum Gasteiger partial charge on any atom is -0.508 e. The maximum absolute atomic E-state index is 10.6. The van der Waals surface area contributed by atoms with Crippen LogP contribution in [-0.2, 0) is 11.8 Å². The molecule has 1 aromatic heterocycles. The number of nitrogens with two attached hydrogens (primary N) is 1. The number of aryl methyl sites for hydroxylation is 2. The molecular weight excluding hydrogens is 422 g/mol. The van der Waals surface area contributed by atoms with Crippen LogP contribution in [-0.4, -0.2) is 58.7 Å². The number of anilines is 1. The second-order valence-electron chi connectivity index (χ2n) is 11.4. The first-order chi connectivity index (χ1) is 16.4. The number of benzene rings is 1. The van der Waals surface area contributed by atoms with E-state index in [1.54, 1.807) is 0 Å². The van der Waals surface area contributed by atoms with E-state index in [1.165, 1.54) is 43.2 Å². The molecule has 3 fully saturated rings. The Morgan fingerprint density at radius 2 is 1.88 bits per heavy atom. The first-order valence-corrected chi connectivity index (χ1v) is 13.2. The van der Waals surface area contributed by atoms with Crippen molar-refractivity contribution < 1.29 is 5.11 Å². The molecule has 2 aromatic rings. The Kier molecular flexibility index (Phi) is 5.19. The van der Waals surface area contributed by atoms with Gasteiger partial charge in [0.05, 0.1) is 0 Å². The average molecular weight is 462 g/mol. The van der Waals surface area contributed by atoms with Crippen LogP contribution in [0.2, 0.25) is 0 Å². The van der Waals surface area contributed by atoms with Gasteiger partial charge in [-0.3, -0.25) is 4.90 Å². The van der Waals surface area contributed by atoms with E-state index < -0.39 is 0 Å². The molecule has 4 bridgehead atoms. The standard InChI is InChI=1S/C28H39N5O/c1-18-15-19(2)31-26(30-18)32(3)24-8-10-27-9-7-22(24)28(27)11-14-33(13-4-12-29)25(27)16-20-5-6-21(34)17-23(20)28/h5-6,15,17,22,24-25,34H,4,7-14,16,29H2,1-3H3. The molecule has 1 saturated heterocycles. The molecule has 2 saturated carbocycles. The lowest BCUT2D eigenvalue weighted by Crippen LogP contribution is -2.70. The molecule has 4 aliphatic rings. The molecule has 0 spiro atoms. The van der Waals surface area contributed by atoms with Gasteiger partial charge < -0.3 is 15.7 Å². The number of fused-ring (bicyclic) bond motifs is 1. The van der Waals surface area contributed by atoms with Crippen molar-refractivity contribution in [3.8, 4) is 5.75 Å². The zero-order valence-corrected chi connectivity index (χ0v) is 20.9. The topological polar surface area (TPSA) is 78.5 Å². The van der Waals surface area contributed by atoms with Crippen LogP contribution in [0.3, 0.4) is 0 Å². The highest BCUT2D eigenvalue weighted by molar-refractivity contribution is 5.50. The summed E-state index contributed by atoms with van der Waals surface area (Å²) in [5, 5.41) is 10.6.